The summed E-state index contributed by atoms with van der Waals surface area (Å²) in [5, 5.41) is 10.4. The van der Waals surface area contributed by atoms with E-state index in [1.807, 2.05) is 18.2 Å². The van der Waals surface area contributed by atoms with Crippen molar-refractivity contribution in [2.24, 2.45) is 0 Å². The first-order valence-corrected chi connectivity index (χ1v) is 10.0. The van der Waals surface area contributed by atoms with E-state index in [-0.39, 0.29) is 18.7 Å². The number of aliphatic hydroxyl groups is 1. The molecule has 3 aromatic rings. The Balaban J connectivity index is 2.04. The maximum absolute atomic E-state index is 10.4. The van der Waals surface area contributed by atoms with E-state index in [0.29, 0.717) is 0 Å². The number of aryl methyl sites for hydroxylation is 3. The van der Waals surface area contributed by atoms with Gasteiger partial charge < -0.3 is 5.11 Å². The summed E-state index contributed by atoms with van der Waals surface area (Å²) < 4.78 is 0. The maximum Gasteiger partial charge on any atom is 0.0628 e. The molecule has 2 nitrogen and oxygen atoms in total. The minimum atomic E-state index is -0.0588. The van der Waals surface area contributed by atoms with Crippen molar-refractivity contribution >= 4 is 0 Å². The molecule has 0 aliphatic heterocycles. The fourth-order valence-corrected chi connectivity index (χ4v) is 4.16. The van der Waals surface area contributed by atoms with Crippen LogP contribution in [0.5, 0.6) is 0 Å². The lowest BCUT2D eigenvalue weighted by Crippen LogP contribution is -2.33. The Morgan fingerprint density at radius 3 is 1.79 bits per heavy atom. The Morgan fingerprint density at radius 1 is 0.786 bits per heavy atom. The van der Waals surface area contributed by atoms with Crippen LogP contribution in [0.4, 0.5) is 0 Å². The molecule has 0 radical (unpaired) electrons. The van der Waals surface area contributed by atoms with Crippen LogP contribution in [0, 0.1) is 20.8 Å². The van der Waals surface area contributed by atoms with Gasteiger partial charge in [-0.15, -0.1) is 0 Å². The Morgan fingerprint density at radius 2 is 1.29 bits per heavy atom. The fraction of sp³-hybridized carbons (Fsp3) is 0.308. The quantitative estimate of drug-likeness (QED) is 0.556. The van der Waals surface area contributed by atoms with Gasteiger partial charge in [0.15, 0.2) is 0 Å². The third-order valence-corrected chi connectivity index (χ3v) is 5.72. The first-order valence-electron chi connectivity index (χ1n) is 10.0. The molecule has 0 saturated carbocycles. The van der Waals surface area contributed by atoms with Gasteiger partial charge in [-0.05, 0) is 55.5 Å². The third-order valence-electron chi connectivity index (χ3n) is 5.72. The second-order valence-corrected chi connectivity index (χ2v) is 7.75. The van der Waals surface area contributed by atoms with Gasteiger partial charge in [0, 0.05) is 12.6 Å². The van der Waals surface area contributed by atoms with Gasteiger partial charge in [-0.3, -0.25) is 4.90 Å². The molecule has 0 fully saturated rings. The lowest BCUT2D eigenvalue weighted by molar-refractivity contribution is 0.0807. The largest absolute Gasteiger partial charge is 0.394 e. The van der Waals surface area contributed by atoms with Gasteiger partial charge in [0.25, 0.3) is 0 Å². The van der Waals surface area contributed by atoms with Crippen LogP contribution in [0.15, 0.2) is 72.8 Å². The molecule has 0 aliphatic rings. The number of hydrogen-bond donors (Lipinski definition) is 1. The Bertz CT molecular complexity index is 866. The van der Waals surface area contributed by atoms with E-state index in [4.69, 9.17) is 0 Å². The van der Waals surface area contributed by atoms with Gasteiger partial charge in [0.2, 0.25) is 0 Å². The van der Waals surface area contributed by atoms with E-state index in [2.05, 4.69) is 87.2 Å². The van der Waals surface area contributed by atoms with Crippen LogP contribution >= 0.6 is 0 Å². The summed E-state index contributed by atoms with van der Waals surface area (Å²) in [7, 11) is 0. The monoisotopic (exact) mass is 373 g/mol. The third kappa shape index (κ3) is 4.52. The van der Waals surface area contributed by atoms with E-state index in [1.165, 1.54) is 27.8 Å². The van der Waals surface area contributed by atoms with Gasteiger partial charge in [-0.2, -0.15) is 0 Å². The number of hydrogen-bond acceptors (Lipinski definition) is 2. The van der Waals surface area contributed by atoms with Crippen molar-refractivity contribution < 1.29 is 5.11 Å². The first-order chi connectivity index (χ1) is 13.5. The fourth-order valence-electron chi connectivity index (χ4n) is 4.16. The van der Waals surface area contributed by atoms with Crippen molar-refractivity contribution in [2.75, 3.05) is 6.61 Å². The number of nitrogens with zero attached hydrogens (tertiary/aromatic N) is 1. The van der Waals surface area contributed by atoms with Gasteiger partial charge >= 0.3 is 0 Å². The molecule has 0 amide bonds. The lowest BCUT2D eigenvalue weighted by Gasteiger charge is -2.37. The molecule has 0 heterocycles. The second kappa shape index (κ2) is 9.18. The molecular weight excluding hydrogens is 342 g/mol. The predicted octanol–water partition coefficient (Wildman–Crippen LogP) is 5.91. The molecule has 3 rings (SSSR count). The molecular formula is C26H31NO. The standard InChI is InChI=1S/C26H31NO/c1-19-15-20(2)25(21(3)16-19)17-27(22(4)23-11-7-5-8-12-23)26(18-28)24-13-9-6-10-14-24/h5-16,22,26,28H,17-18H2,1-4H3/t22-,26-/m0/s1. The summed E-state index contributed by atoms with van der Waals surface area (Å²) in [5.41, 5.74) is 7.68. The minimum Gasteiger partial charge on any atom is -0.394 e. The second-order valence-electron chi connectivity index (χ2n) is 7.75. The minimum absolute atomic E-state index is 0.0588. The van der Waals surface area contributed by atoms with E-state index in [0.717, 1.165) is 12.1 Å². The summed E-state index contributed by atoms with van der Waals surface area (Å²) in [6, 6.07) is 25.5. The zero-order chi connectivity index (χ0) is 20.1. The Hall–Kier alpha value is -2.42. The summed E-state index contributed by atoms with van der Waals surface area (Å²) >= 11 is 0. The van der Waals surface area contributed by atoms with Gasteiger partial charge in [0.05, 0.1) is 12.6 Å². The van der Waals surface area contributed by atoms with E-state index in [9.17, 15) is 5.11 Å². The van der Waals surface area contributed by atoms with Crippen LogP contribution in [0.2, 0.25) is 0 Å². The van der Waals surface area contributed by atoms with Crippen molar-refractivity contribution in [3.05, 3.63) is 106 Å². The highest BCUT2D eigenvalue weighted by Gasteiger charge is 2.26. The van der Waals surface area contributed by atoms with Crippen LogP contribution in [-0.2, 0) is 6.54 Å². The topological polar surface area (TPSA) is 23.5 Å². The number of aliphatic hydroxyl groups excluding tert-OH is 1. The zero-order valence-electron chi connectivity index (χ0n) is 17.4. The highest BCUT2D eigenvalue weighted by atomic mass is 16.3. The normalized spacial score (nSPS) is 13.5. The van der Waals surface area contributed by atoms with E-state index >= 15 is 0 Å². The first kappa shape index (κ1) is 20.3. The molecule has 2 atom stereocenters. The van der Waals surface area contributed by atoms with Crippen molar-refractivity contribution in [1.82, 2.24) is 4.90 Å². The summed E-state index contributed by atoms with van der Waals surface area (Å²) in [6.45, 7) is 9.65. The van der Waals surface area contributed by atoms with Gasteiger partial charge in [-0.25, -0.2) is 0 Å². The van der Waals surface area contributed by atoms with Gasteiger partial charge in [0.1, 0.15) is 0 Å². The van der Waals surface area contributed by atoms with Crippen LogP contribution in [0.3, 0.4) is 0 Å². The number of benzene rings is 3. The molecule has 0 unspecified atom stereocenters. The van der Waals surface area contributed by atoms with Crippen LogP contribution < -0.4 is 0 Å². The van der Waals surface area contributed by atoms with Crippen LogP contribution in [0.1, 0.15) is 52.4 Å². The Kier molecular flexibility index (Phi) is 6.66. The number of rotatable bonds is 7. The van der Waals surface area contributed by atoms with E-state index < -0.39 is 0 Å². The predicted molar refractivity (Wildman–Crippen MR) is 117 cm³/mol. The van der Waals surface area contributed by atoms with Crippen LogP contribution in [0.25, 0.3) is 0 Å². The Labute approximate surface area is 169 Å². The molecule has 146 valence electrons. The molecule has 0 aromatic heterocycles. The zero-order valence-corrected chi connectivity index (χ0v) is 17.4. The molecule has 3 aromatic carbocycles. The molecule has 0 bridgehead atoms. The molecule has 2 heteroatoms. The molecule has 0 spiro atoms. The van der Waals surface area contributed by atoms with Crippen molar-refractivity contribution in [2.45, 2.75) is 46.3 Å². The highest BCUT2D eigenvalue weighted by molar-refractivity contribution is 5.38. The SMILES string of the molecule is Cc1cc(C)c(CN([C@@H](C)c2ccccc2)[C@@H](CO)c2ccccc2)c(C)c1. The molecule has 0 aliphatic carbocycles. The maximum atomic E-state index is 10.4. The average Bonchev–Trinajstić information content (AvgIpc) is 2.70. The van der Waals surface area contributed by atoms with Crippen molar-refractivity contribution in [3.63, 3.8) is 0 Å². The smallest absolute Gasteiger partial charge is 0.0628 e. The average molecular weight is 374 g/mol. The van der Waals surface area contributed by atoms with E-state index in [1.54, 1.807) is 0 Å². The molecule has 1 N–H and O–H groups in total. The lowest BCUT2D eigenvalue weighted by atomic mass is 9.95. The van der Waals surface area contributed by atoms with Gasteiger partial charge in [-0.1, -0.05) is 78.4 Å². The summed E-state index contributed by atoms with van der Waals surface area (Å²) in [4.78, 5) is 2.43. The van der Waals surface area contributed by atoms with Crippen molar-refractivity contribution in [1.29, 1.82) is 0 Å². The molecule has 0 saturated heterocycles. The highest BCUT2D eigenvalue weighted by Crippen LogP contribution is 2.33. The molecule has 28 heavy (non-hydrogen) atoms. The summed E-state index contributed by atoms with van der Waals surface area (Å²) in [6.07, 6.45) is 0. The van der Waals surface area contributed by atoms with Crippen LogP contribution in [-0.4, -0.2) is 16.6 Å². The van der Waals surface area contributed by atoms with Crippen molar-refractivity contribution in [3.8, 4) is 0 Å². The summed E-state index contributed by atoms with van der Waals surface area (Å²) in [5.74, 6) is 0.